The van der Waals surface area contributed by atoms with E-state index in [0.717, 1.165) is 33.7 Å². The maximum Gasteiger partial charge on any atom is 0.509 e. The first-order chi connectivity index (χ1) is 17.3. The second kappa shape index (κ2) is 9.86. The summed E-state index contributed by atoms with van der Waals surface area (Å²) in [6, 6.07) is 15.5. The Morgan fingerprint density at radius 2 is 1.67 bits per heavy atom. The maximum absolute atomic E-state index is 6.41. The lowest BCUT2D eigenvalue weighted by molar-refractivity contribution is 0.00578. The smallest absolute Gasteiger partial charge is 0.465 e. The molecule has 1 aliphatic rings. The summed E-state index contributed by atoms with van der Waals surface area (Å²) >= 11 is 1.61. The monoisotopic (exact) mass is 505 g/mol. The van der Waals surface area contributed by atoms with Crippen LogP contribution >= 0.6 is 11.3 Å². The van der Waals surface area contributed by atoms with E-state index in [1.807, 2.05) is 6.92 Å². The van der Waals surface area contributed by atoms with E-state index in [2.05, 4.69) is 87.0 Å². The molecule has 36 heavy (non-hydrogen) atoms. The van der Waals surface area contributed by atoms with Gasteiger partial charge in [-0.2, -0.15) is 0 Å². The van der Waals surface area contributed by atoms with Gasteiger partial charge in [0.1, 0.15) is 0 Å². The number of hydrogen-bond acceptors (Lipinski definition) is 5. The van der Waals surface area contributed by atoms with E-state index >= 15 is 0 Å². The number of ether oxygens (including phenoxy) is 2. The minimum absolute atomic E-state index is 0.172. The molecule has 0 amide bonds. The van der Waals surface area contributed by atoms with Crippen LogP contribution in [0, 0.1) is 0 Å². The number of hydrogen-bond donors (Lipinski definition) is 0. The average Bonchev–Trinajstić information content (AvgIpc) is 3.47. The Labute approximate surface area is 218 Å². The van der Waals surface area contributed by atoms with Crippen molar-refractivity contribution in [2.75, 3.05) is 13.4 Å². The van der Waals surface area contributed by atoms with E-state index in [4.69, 9.17) is 18.8 Å². The molecule has 0 bridgehead atoms. The van der Waals surface area contributed by atoms with E-state index in [-0.39, 0.29) is 6.79 Å². The third-order valence-electron chi connectivity index (χ3n) is 7.51. The molecule has 7 heteroatoms. The van der Waals surface area contributed by atoms with Crippen LogP contribution in [0.4, 0.5) is 0 Å². The van der Waals surface area contributed by atoms with Crippen molar-refractivity contribution in [3.05, 3.63) is 53.4 Å². The Kier molecular flexibility index (Phi) is 6.94. The zero-order chi connectivity index (χ0) is 25.5. The molecule has 5 rings (SSSR count). The fourth-order valence-electron chi connectivity index (χ4n) is 4.76. The molecule has 0 radical (unpaired) electrons. The van der Waals surface area contributed by atoms with E-state index < -0.39 is 18.3 Å². The SMILES string of the molecule is CCCCc1ccc2c(c1)c1ccccc1n2-c1csc(B2OC(C)(C)C(C)(C)O2)c1OCOCC. The fraction of sp³-hybridized carbons (Fsp3) is 0.448. The molecule has 4 aromatic rings. The van der Waals surface area contributed by atoms with Crippen LogP contribution in [0.1, 0.15) is 59.9 Å². The molecule has 0 atom stereocenters. The Morgan fingerprint density at radius 1 is 0.944 bits per heavy atom. The van der Waals surface area contributed by atoms with E-state index in [9.17, 15) is 0 Å². The quantitative estimate of drug-likeness (QED) is 0.142. The summed E-state index contributed by atoms with van der Waals surface area (Å²) in [4.78, 5) is 0. The molecule has 0 saturated carbocycles. The highest BCUT2D eigenvalue weighted by Gasteiger charge is 2.53. The molecular formula is C29H36BNO4S. The Morgan fingerprint density at radius 3 is 2.39 bits per heavy atom. The zero-order valence-electron chi connectivity index (χ0n) is 22.2. The van der Waals surface area contributed by atoms with Gasteiger partial charge in [-0.1, -0.05) is 37.6 Å². The van der Waals surface area contributed by atoms with Gasteiger partial charge >= 0.3 is 7.12 Å². The number of thiophene rings is 1. The van der Waals surface area contributed by atoms with Crippen LogP contribution in [-0.2, 0) is 20.5 Å². The molecule has 5 nitrogen and oxygen atoms in total. The largest absolute Gasteiger partial charge is 0.509 e. The van der Waals surface area contributed by atoms with Crippen molar-refractivity contribution < 1.29 is 18.8 Å². The predicted octanol–water partition coefficient (Wildman–Crippen LogP) is 6.86. The molecule has 0 unspecified atom stereocenters. The summed E-state index contributed by atoms with van der Waals surface area (Å²) in [5.41, 5.74) is 3.82. The number of aryl methyl sites for hydroxylation is 1. The predicted molar refractivity (Wildman–Crippen MR) is 150 cm³/mol. The normalized spacial score (nSPS) is 16.9. The first-order valence-electron chi connectivity index (χ1n) is 13.0. The molecule has 190 valence electrons. The van der Waals surface area contributed by atoms with Crippen LogP contribution < -0.4 is 9.51 Å². The van der Waals surface area contributed by atoms with Gasteiger partial charge in [0, 0.05) is 22.8 Å². The zero-order valence-corrected chi connectivity index (χ0v) is 23.0. The summed E-state index contributed by atoms with van der Waals surface area (Å²) in [5, 5.41) is 4.65. The van der Waals surface area contributed by atoms with Gasteiger partial charge < -0.3 is 23.3 Å². The highest BCUT2D eigenvalue weighted by molar-refractivity contribution is 7.21. The van der Waals surface area contributed by atoms with Crippen molar-refractivity contribution in [3.8, 4) is 11.4 Å². The minimum atomic E-state index is -0.501. The summed E-state index contributed by atoms with van der Waals surface area (Å²) in [7, 11) is -0.501. The van der Waals surface area contributed by atoms with Crippen molar-refractivity contribution in [1.82, 2.24) is 4.57 Å². The van der Waals surface area contributed by atoms with Crippen LogP contribution in [0.3, 0.4) is 0 Å². The Hall–Kier alpha value is -2.32. The Balaban J connectivity index is 1.67. The molecule has 2 aromatic heterocycles. The molecule has 0 spiro atoms. The number of unbranched alkanes of at least 4 members (excludes halogenated alkanes) is 1. The number of nitrogens with zero attached hydrogens (tertiary/aromatic N) is 1. The number of benzene rings is 2. The first kappa shape index (κ1) is 25.3. The van der Waals surface area contributed by atoms with Gasteiger partial charge in [0.2, 0.25) is 0 Å². The Bertz CT molecular complexity index is 1360. The van der Waals surface area contributed by atoms with Crippen molar-refractivity contribution in [2.24, 2.45) is 0 Å². The highest BCUT2D eigenvalue weighted by Crippen LogP contribution is 2.41. The van der Waals surface area contributed by atoms with Gasteiger partial charge in [-0.05, 0) is 71.2 Å². The second-order valence-electron chi connectivity index (χ2n) is 10.5. The van der Waals surface area contributed by atoms with Crippen LogP contribution in [-0.4, -0.2) is 36.3 Å². The standard InChI is InChI=1S/C29H36BNO4S/c1-7-9-12-20-15-16-24-22(17-20)21-13-10-11-14-23(21)31(24)25-18-36-27(26(25)33-19-32-8-2)30-34-28(3,4)29(5,6)35-30/h10-11,13-18H,7-9,12,19H2,1-6H3. The van der Waals surface area contributed by atoms with Crippen LogP contribution in [0.15, 0.2) is 47.8 Å². The van der Waals surface area contributed by atoms with Gasteiger partial charge in [0.05, 0.1) is 32.7 Å². The third kappa shape index (κ3) is 4.36. The number of fused-ring (bicyclic) bond motifs is 3. The third-order valence-corrected chi connectivity index (χ3v) is 8.48. The van der Waals surface area contributed by atoms with E-state index in [0.29, 0.717) is 6.61 Å². The summed E-state index contributed by atoms with van der Waals surface area (Å²) in [6.45, 7) is 13.3. The number of para-hydroxylation sites is 1. The topological polar surface area (TPSA) is 41.9 Å². The van der Waals surface area contributed by atoms with Gasteiger partial charge in [0.25, 0.3) is 0 Å². The van der Waals surface area contributed by atoms with E-state index in [1.165, 1.54) is 29.2 Å². The molecule has 3 heterocycles. The second-order valence-corrected chi connectivity index (χ2v) is 11.4. The summed E-state index contributed by atoms with van der Waals surface area (Å²) < 4.78 is 28.0. The number of aromatic nitrogens is 1. The maximum atomic E-state index is 6.41. The molecule has 1 aliphatic heterocycles. The van der Waals surface area contributed by atoms with Crippen molar-refractivity contribution in [1.29, 1.82) is 0 Å². The van der Waals surface area contributed by atoms with Gasteiger partial charge in [-0.3, -0.25) is 0 Å². The molecule has 2 aromatic carbocycles. The molecule has 1 saturated heterocycles. The van der Waals surface area contributed by atoms with Crippen molar-refractivity contribution in [2.45, 2.75) is 72.0 Å². The van der Waals surface area contributed by atoms with Crippen LogP contribution in [0.5, 0.6) is 5.75 Å². The van der Waals surface area contributed by atoms with Crippen LogP contribution in [0.2, 0.25) is 0 Å². The lowest BCUT2D eigenvalue weighted by atomic mass is 9.87. The lowest BCUT2D eigenvalue weighted by Gasteiger charge is -2.32. The van der Waals surface area contributed by atoms with Crippen LogP contribution in [0.25, 0.3) is 27.5 Å². The first-order valence-corrected chi connectivity index (χ1v) is 13.9. The molecule has 0 aliphatic carbocycles. The molecule has 1 fully saturated rings. The number of rotatable bonds is 9. The summed E-state index contributed by atoms with van der Waals surface area (Å²) in [6.07, 6.45) is 3.48. The minimum Gasteiger partial charge on any atom is -0.465 e. The highest BCUT2D eigenvalue weighted by atomic mass is 32.1. The fourth-order valence-corrected chi connectivity index (χ4v) is 5.69. The lowest BCUT2D eigenvalue weighted by Crippen LogP contribution is -2.41. The van der Waals surface area contributed by atoms with Gasteiger partial charge in [0.15, 0.2) is 12.5 Å². The summed E-state index contributed by atoms with van der Waals surface area (Å²) in [5.74, 6) is 0.754. The van der Waals surface area contributed by atoms with Gasteiger partial charge in [-0.25, -0.2) is 0 Å². The molecule has 0 N–H and O–H groups in total. The molecular weight excluding hydrogens is 469 g/mol. The average molecular weight is 505 g/mol. The van der Waals surface area contributed by atoms with Crippen molar-refractivity contribution >= 4 is 45.0 Å². The van der Waals surface area contributed by atoms with Crippen molar-refractivity contribution in [3.63, 3.8) is 0 Å². The van der Waals surface area contributed by atoms with Gasteiger partial charge in [-0.15, -0.1) is 11.3 Å². The van der Waals surface area contributed by atoms with E-state index in [1.54, 1.807) is 11.3 Å².